The molecule has 0 radical (unpaired) electrons. The van der Waals surface area contributed by atoms with E-state index in [1.807, 2.05) is 41.2 Å². The molecule has 5 nitrogen and oxygen atoms in total. The van der Waals surface area contributed by atoms with E-state index < -0.39 is 0 Å². The second-order valence-corrected chi connectivity index (χ2v) is 5.06. The molecule has 0 aliphatic heterocycles. The zero-order valence-corrected chi connectivity index (χ0v) is 12.0. The first-order valence-corrected chi connectivity index (χ1v) is 7.13. The Bertz CT molecular complexity index is 723. The molecular weight excluding hydrogens is 264 g/mol. The van der Waals surface area contributed by atoms with Gasteiger partial charge in [-0.15, -0.1) is 0 Å². The third-order valence-corrected chi connectivity index (χ3v) is 3.37. The Kier molecular flexibility index (Phi) is 3.73. The number of nitrogens with one attached hydrogen (secondary N) is 2. The maximum atomic E-state index is 12.2. The smallest absolute Gasteiger partial charge is 0.267 e. The van der Waals surface area contributed by atoms with Crippen molar-refractivity contribution in [2.24, 2.45) is 0 Å². The molecule has 0 bridgehead atoms. The number of hydrogen-bond acceptors (Lipinski definition) is 2. The number of carbonyl (C=O) groups excluding carboxylic acids is 1. The first-order chi connectivity index (χ1) is 10.3. The predicted molar refractivity (Wildman–Crippen MR) is 82.0 cm³/mol. The van der Waals surface area contributed by atoms with Crippen LogP contribution in [0.1, 0.15) is 29.4 Å². The zero-order chi connectivity index (χ0) is 14.7. The molecule has 0 spiro atoms. The molecule has 2 aromatic heterocycles. The van der Waals surface area contributed by atoms with Crippen molar-refractivity contribution in [2.75, 3.05) is 0 Å². The number of carbonyl (C=O) groups is 1. The van der Waals surface area contributed by atoms with Crippen molar-refractivity contribution in [3.63, 3.8) is 0 Å². The number of fused-ring (bicyclic) bond motifs is 1. The van der Waals surface area contributed by atoms with Crippen molar-refractivity contribution in [3.8, 4) is 0 Å². The summed E-state index contributed by atoms with van der Waals surface area (Å²) >= 11 is 0. The van der Waals surface area contributed by atoms with E-state index in [1.165, 1.54) is 0 Å². The fourth-order valence-corrected chi connectivity index (χ4v) is 2.32. The second kappa shape index (κ2) is 5.83. The molecule has 2 heterocycles. The molecule has 21 heavy (non-hydrogen) atoms. The lowest BCUT2D eigenvalue weighted by Gasteiger charge is -2.01. The van der Waals surface area contributed by atoms with Gasteiger partial charge in [0.05, 0.1) is 6.20 Å². The summed E-state index contributed by atoms with van der Waals surface area (Å²) < 4.78 is 1.89. The minimum atomic E-state index is -0.102. The van der Waals surface area contributed by atoms with Crippen LogP contribution in [0.3, 0.4) is 0 Å². The number of hydrogen-bond donors (Lipinski definition) is 2. The van der Waals surface area contributed by atoms with Gasteiger partial charge in [-0.2, -0.15) is 5.10 Å². The summed E-state index contributed by atoms with van der Waals surface area (Å²) in [4.78, 5) is 15.3. The number of aromatic amines is 1. The first-order valence-electron chi connectivity index (χ1n) is 7.13. The highest BCUT2D eigenvalue weighted by atomic mass is 16.1. The Morgan fingerprint density at radius 1 is 1.38 bits per heavy atom. The minimum Gasteiger partial charge on any atom is -0.351 e. The highest BCUT2D eigenvalue weighted by Crippen LogP contribution is 2.14. The lowest BCUT2D eigenvalue weighted by atomic mass is 10.2. The lowest BCUT2D eigenvalue weighted by molar-refractivity contribution is 0.0947. The van der Waals surface area contributed by atoms with Crippen LogP contribution in [0.5, 0.6) is 0 Å². The third kappa shape index (κ3) is 2.97. The van der Waals surface area contributed by atoms with Crippen LogP contribution in [0.25, 0.3) is 10.9 Å². The van der Waals surface area contributed by atoms with E-state index >= 15 is 0 Å². The molecule has 0 aliphatic rings. The minimum absolute atomic E-state index is 0.102. The zero-order valence-electron chi connectivity index (χ0n) is 12.0. The Balaban J connectivity index is 1.65. The second-order valence-electron chi connectivity index (χ2n) is 5.06. The number of para-hydroxylation sites is 1. The van der Waals surface area contributed by atoms with Gasteiger partial charge in [0.25, 0.3) is 5.91 Å². The van der Waals surface area contributed by atoms with Crippen LogP contribution >= 0.6 is 0 Å². The quantitative estimate of drug-likeness (QED) is 0.755. The molecule has 1 aromatic carbocycles. The van der Waals surface area contributed by atoms with E-state index in [9.17, 15) is 4.79 Å². The molecule has 0 atom stereocenters. The summed E-state index contributed by atoms with van der Waals surface area (Å²) in [6, 6.07) is 9.71. The number of H-pyrrole nitrogens is 1. The van der Waals surface area contributed by atoms with Crippen molar-refractivity contribution in [3.05, 3.63) is 54.0 Å². The molecule has 0 aliphatic carbocycles. The van der Waals surface area contributed by atoms with Gasteiger partial charge in [-0.3, -0.25) is 9.48 Å². The highest BCUT2D eigenvalue weighted by Gasteiger charge is 2.09. The van der Waals surface area contributed by atoms with E-state index in [0.29, 0.717) is 12.2 Å². The van der Waals surface area contributed by atoms with Crippen molar-refractivity contribution < 1.29 is 4.79 Å². The van der Waals surface area contributed by atoms with Crippen molar-refractivity contribution in [1.29, 1.82) is 0 Å². The summed E-state index contributed by atoms with van der Waals surface area (Å²) in [6.07, 6.45) is 4.80. The van der Waals surface area contributed by atoms with Gasteiger partial charge in [-0.05, 0) is 18.6 Å². The van der Waals surface area contributed by atoms with Gasteiger partial charge in [0.1, 0.15) is 5.69 Å². The number of amides is 1. The molecule has 0 saturated carbocycles. The number of benzene rings is 1. The first kappa shape index (κ1) is 13.4. The van der Waals surface area contributed by atoms with Gasteiger partial charge in [0.2, 0.25) is 0 Å². The largest absolute Gasteiger partial charge is 0.351 e. The molecule has 2 N–H and O–H groups in total. The van der Waals surface area contributed by atoms with E-state index in [1.54, 1.807) is 6.20 Å². The maximum Gasteiger partial charge on any atom is 0.267 e. The Hall–Kier alpha value is -2.56. The standard InChI is InChI=1S/C16H18N4O/c1-2-7-20-11-12(10-18-20)9-17-16(21)15-8-13-5-3-4-6-14(13)19-15/h3-6,8,10-11,19H,2,7,9H2,1H3,(H,17,21). The van der Waals surface area contributed by atoms with E-state index in [-0.39, 0.29) is 5.91 Å². The number of nitrogens with zero attached hydrogens (tertiary/aromatic N) is 2. The van der Waals surface area contributed by atoms with Crippen LogP contribution in [0.2, 0.25) is 0 Å². The number of aromatic nitrogens is 3. The topological polar surface area (TPSA) is 62.7 Å². The maximum absolute atomic E-state index is 12.2. The monoisotopic (exact) mass is 282 g/mol. The number of rotatable bonds is 5. The summed E-state index contributed by atoms with van der Waals surface area (Å²) in [6.45, 7) is 3.49. The van der Waals surface area contributed by atoms with Crippen molar-refractivity contribution in [2.45, 2.75) is 26.4 Å². The van der Waals surface area contributed by atoms with Crippen molar-refractivity contribution in [1.82, 2.24) is 20.1 Å². The Labute approximate surface area is 123 Å². The molecule has 3 aromatic rings. The number of aryl methyl sites for hydroxylation is 1. The van der Waals surface area contributed by atoms with Crippen LogP contribution in [0, 0.1) is 0 Å². The van der Waals surface area contributed by atoms with Gasteiger partial charge in [0.15, 0.2) is 0 Å². The van der Waals surface area contributed by atoms with Gasteiger partial charge in [0, 0.05) is 35.8 Å². The summed E-state index contributed by atoms with van der Waals surface area (Å²) in [5, 5.41) is 8.20. The molecule has 0 unspecified atom stereocenters. The lowest BCUT2D eigenvalue weighted by Crippen LogP contribution is -2.22. The Morgan fingerprint density at radius 2 is 2.24 bits per heavy atom. The molecule has 108 valence electrons. The van der Waals surface area contributed by atoms with E-state index in [0.717, 1.165) is 29.4 Å². The fourth-order valence-electron chi connectivity index (χ4n) is 2.32. The average Bonchev–Trinajstić information content (AvgIpc) is 3.11. The summed E-state index contributed by atoms with van der Waals surface area (Å²) in [5.74, 6) is -0.102. The van der Waals surface area contributed by atoms with Crippen LogP contribution in [0.4, 0.5) is 0 Å². The highest BCUT2D eigenvalue weighted by molar-refractivity contribution is 5.97. The molecular formula is C16H18N4O. The normalized spacial score (nSPS) is 10.9. The molecule has 5 heteroatoms. The van der Waals surface area contributed by atoms with Gasteiger partial charge in [-0.25, -0.2) is 0 Å². The average molecular weight is 282 g/mol. The van der Waals surface area contributed by atoms with Gasteiger partial charge >= 0.3 is 0 Å². The van der Waals surface area contributed by atoms with Crippen molar-refractivity contribution >= 4 is 16.8 Å². The summed E-state index contributed by atoms with van der Waals surface area (Å²) in [5.41, 5.74) is 2.56. The fraction of sp³-hybridized carbons (Fsp3) is 0.250. The predicted octanol–water partition coefficient (Wildman–Crippen LogP) is 2.70. The molecule has 0 fully saturated rings. The molecule has 3 rings (SSSR count). The third-order valence-electron chi connectivity index (χ3n) is 3.37. The molecule has 1 amide bonds. The van der Waals surface area contributed by atoms with E-state index in [4.69, 9.17) is 0 Å². The summed E-state index contributed by atoms with van der Waals surface area (Å²) in [7, 11) is 0. The molecule has 0 saturated heterocycles. The van der Waals surface area contributed by atoms with Crippen LogP contribution in [0.15, 0.2) is 42.7 Å². The van der Waals surface area contributed by atoms with Gasteiger partial charge in [-0.1, -0.05) is 25.1 Å². The Morgan fingerprint density at radius 3 is 3.05 bits per heavy atom. The van der Waals surface area contributed by atoms with E-state index in [2.05, 4.69) is 22.3 Å². The SMILES string of the molecule is CCCn1cc(CNC(=O)c2cc3ccccc3[nH]2)cn1. The van der Waals surface area contributed by atoms with Crippen LogP contribution in [-0.4, -0.2) is 20.7 Å². The van der Waals surface area contributed by atoms with Gasteiger partial charge < -0.3 is 10.3 Å². The van der Waals surface area contributed by atoms with Crippen LogP contribution in [-0.2, 0) is 13.1 Å². The van der Waals surface area contributed by atoms with Crippen LogP contribution < -0.4 is 5.32 Å².